The molecule has 1 heterocycles. The fourth-order valence-corrected chi connectivity index (χ4v) is 1.59. The van der Waals surface area contributed by atoms with Crippen LogP contribution in [0.4, 0.5) is 0 Å². The molecule has 1 fully saturated rings. The topological polar surface area (TPSA) is 60.5 Å². The number of carbonyl (C=O) groups is 1. The van der Waals surface area contributed by atoms with Crippen molar-refractivity contribution in [1.82, 2.24) is 10.3 Å². The van der Waals surface area contributed by atoms with Gasteiger partial charge in [0, 0.05) is 13.2 Å². The molecule has 19 heavy (non-hydrogen) atoms. The molecule has 0 aliphatic heterocycles. The molecule has 1 saturated carbocycles. The lowest BCUT2D eigenvalue weighted by molar-refractivity contribution is 0.0933. The summed E-state index contributed by atoms with van der Waals surface area (Å²) in [6.45, 7) is 5.80. The Bertz CT molecular complexity index is 476. The zero-order valence-electron chi connectivity index (χ0n) is 11.8. The lowest BCUT2D eigenvalue weighted by atomic mass is 10.1. The molecule has 1 aromatic heterocycles. The van der Waals surface area contributed by atoms with Gasteiger partial charge in [-0.25, -0.2) is 0 Å². The zero-order chi connectivity index (χ0) is 14.0. The van der Waals surface area contributed by atoms with E-state index in [0.29, 0.717) is 17.1 Å². The van der Waals surface area contributed by atoms with Gasteiger partial charge in [-0.15, -0.1) is 0 Å². The largest absolute Gasteiger partial charge is 0.485 e. The summed E-state index contributed by atoms with van der Waals surface area (Å²) in [6, 6.07) is 0. The number of pyridine rings is 1. The SMILES string of the molecule is CNC(=O)c1cncc(OC2CC2)c1OC(C)(C)C. The average Bonchev–Trinajstić information content (AvgIpc) is 3.12. The number of rotatable bonds is 4. The number of nitrogens with one attached hydrogen (secondary N) is 1. The Morgan fingerprint density at radius 3 is 2.58 bits per heavy atom. The summed E-state index contributed by atoms with van der Waals surface area (Å²) < 4.78 is 11.7. The molecule has 0 radical (unpaired) electrons. The van der Waals surface area contributed by atoms with Crippen LogP contribution in [0.15, 0.2) is 12.4 Å². The van der Waals surface area contributed by atoms with Crippen molar-refractivity contribution in [3.05, 3.63) is 18.0 Å². The van der Waals surface area contributed by atoms with E-state index in [1.165, 1.54) is 6.20 Å². The van der Waals surface area contributed by atoms with Gasteiger partial charge in [-0.05, 0) is 33.6 Å². The second-order valence-corrected chi connectivity index (χ2v) is 5.63. The lowest BCUT2D eigenvalue weighted by Gasteiger charge is -2.24. The van der Waals surface area contributed by atoms with Gasteiger partial charge < -0.3 is 14.8 Å². The third-order valence-corrected chi connectivity index (χ3v) is 2.56. The molecule has 0 atom stereocenters. The van der Waals surface area contributed by atoms with Crippen LogP contribution in [-0.4, -0.2) is 29.6 Å². The van der Waals surface area contributed by atoms with Crippen molar-refractivity contribution in [2.75, 3.05) is 7.05 Å². The molecule has 1 amide bonds. The lowest BCUT2D eigenvalue weighted by Crippen LogP contribution is -2.27. The van der Waals surface area contributed by atoms with Crippen LogP contribution < -0.4 is 14.8 Å². The highest BCUT2D eigenvalue weighted by atomic mass is 16.5. The van der Waals surface area contributed by atoms with E-state index in [0.717, 1.165) is 12.8 Å². The van der Waals surface area contributed by atoms with E-state index >= 15 is 0 Å². The second kappa shape index (κ2) is 5.07. The molecule has 0 unspecified atom stereocenters. The highest BCUT2D eigenvalue weighted by Gasteiger charge is 2.28. The smallest absolute Gasteiger partial charge is 0.256 e. The molecule has 0 saturated heterocycles. The second-order valence-electron chi connectivity index (χ2n) is 5.63. The first-order valence-corrected chi connectivity index (χ1v) is 6.46. The van der Waals surface area contributed by atoms with Crippen molar-refractivity contribution in [3.63, 3.8) is 0 Å². The van der Waals surface area contributed by atoms with E-state index in [4.69, 9.17) is 9.47 Å². The molecular formula is C14H20N2O3. The van der Waals surface area contributed by atoms with Crippen molar-refractivity contribution >= 4 is 5.91 Å². The molecule has 1 aliphatic rings. The van der Waals surface area contributed by atoms with Crippen LogP contribution in [0.2, 0.25) is 0 Å². The maximum atomic E-state index is 11.9. The average molecular weight is 264 g/mol. The third-order valence-electron chi connectivity index (χ3n) is 2.56. The van der Waals surface area contributed by atoms with Gasteiger partial charge >= 0.3 is 0 Å². The number of hydrogen-bond acceptors (Lipinski definition) is 4. The fourth-order valence-electron chi connectivity index (χ4n) is 1.59. The van der Waals surface area contributed by atoms with E-state index in [9.17, 15) is 4.79 Å². The Balaban J connectivity index is 2.38. The number of carbonyl (C=O) groups excluding carboxylic acids is 1. The Labute approximate surface area is 113 Å². The summed E-state index contributed by atoms with van der Waals surface area (Å²) in [5.41, 5.74) is -0.0122. The van der Waals surface area contributed by atoms with Gasteiger partial charge in [0.2, 0.25) is 0 Å². The predicted molar refractivity (Wildman–Crippen MR) is 71.7 cm³/mol. The molecule has 1 aromatic rings. The summed E-state index contributed by atoms with van der Waals surface area (Å²) in [7, 11) is 1.58. The van der Waals surface area contributed by atoms with Gasteiger partial charge in [0.1, 0.15) is 11.2 Å². The summed E-state index contributed by atoms with van der Waals surface area (Å²) >= 11 is 0. The van der Waals surface area contributed by atoms with Gasteiger partial charge in [-0.1, -0.05) is 0 Å². The molecular weight excluding hydrogens is 244 g/mol. The first-order valence-electron chi connectivity index (χ1n) is 6.46. The van der Waals surface area contributed by atoms with E-state index in [1.54, 1.807) is 13.2 Å². The normalized spacial score (nSPS) is 14.9. The number of ether oxygens (including phenoxy) is 2. The Hall–Kier alpha value is -1.78. The molecule has 1 N–H and O–H groups in total. The maximum Gasteiger partial charge on any atom is 0.256 e. The first-order chi connectivity index (χ1) is 8.90. The zero-order valence-corrected chi connectivity index (χ0v) is 11.8. The molecule has 0 spiro atoms. The van der Waals surface area contributed by atoms with Gasteiger partial charge in [0.15, 0.2) is 11.5 Å². The van der Waals surface area contributed by atoms with Crippen LogP contribution in [-0.2, 0) is 0 Å². The van der Waals surface area contributed by atoms with E-state index in [1.807, 2.05) is 20.8 Å². The van der Waals surface area contributed by atoms with Crippen molar-refractivity contribution in [2.24, 2.45) is 0 Å². The van der Waals surface area contributed by atoms with Crippen LogP contribution in [0, 0.1) is 0 Å². The Kier molecular flexibility index (Phi) is 3.64. The van der Waals surface area contributed by atoms with E-state index < -0.39 is 5.60 Å². The predicted octanol–water partition coefficient (Wildman–Crippen LogP) is 2.16. The molecule has 104 valence electrons. The van der Waals surface area contributed by atoms with Crippen LogP contribution in [0.25, 0.3) is 0 Å². The molecule has 2 rings (SSSR count). The van der Waals surface area contributed by atoms with Gasteiger partial charge in [-0.2, -0.15) is 0 Å². The molecule has 5 heteroatoms. The molecule has 0 bridgehead atoms. The quantitative estimate of drug-likeness (QED) is 0.905. The minimum atomic E-state index is -0.411. The summed E-state index contributed by atoms with van der Waals surface area (Å²) in [5, 5.41) is 2.59. The number of amides is 1. The monoisotopic (exact) mass is 264 g/mol. The number of nitrogens with zero attached hydrogens (tertiary/aromatic N) is 1. The highest BCUT2D eigenvalue weighted by molar-refractivity contribution is 5.97. The fraction of sp³-hybridized carbons (Fsp3) is 0.571. The van der Waals surface area contributed by atoms with Crippen molar-refractivity contribution in [3.8, 4) is 11.5 Å². The van der Waals surface area contributed by atoms with Gasteiger partial charge in [-0.3, -0.25) is 9.78 Å². The van der Waals surface area contributed by atoms with Crippen LogP contribution >= 0.6 is 0 Å². The number of aromatic nitrogens is 1. The molecule has 5 nitrogen and oxygen atoms in total. The minimum absolute atomic E-state index is 0.226. The van der Waals surface area contributed by atoms with Crippen LogP contribution in [0.1, 0.15) is 44.0 Å². The number of hydrogen-bond donors (Lipinski definition) is 1. The molecule has 1 aliphatic carbocycles. The minimum Gasteiger partial charge on any atom is -0.485 e. The maximum absolute atomic E-state index is 11.9. The Morgan fingerprint density at radius 1 is 1.37 bits per heavy atom. The summed E-state index contributed by atoms with van der Waals surface area (Å²) in [4.78, 5) is 15.9. The summed E-state index contributed by atoms with van der Waals surface area (Å²) in [5.74, 6) is 0.778. The standard InChI is InChI=1S/C14H20N2O3/c1-14(2,3)19-12-10(13(17)15-4)7-16-8-11(12)18-9-5-6-9/h7-9H,5-6H2,1-4H3,(H,15,17). The van der Waals surface area contributed by atoms with Crippen molar-refractivity contribution < 1.29 is 14.3 Å². The highest BCUT2D eigenvalue weighted by Crippen LogP contribution is 2.37. The summed E-state index contributed by atoms with van der Waals surface area (Å²) in [6.07, 6.45) is 5.41. The van der Waals surface area contributed by atoms with E-state index in [-0.39, 0.29) is 12.0 Å². The van der Waals surface area contributed by atoms with E-state index in [2.05, 4.69) is 10.3 Å². The van der Waals surface area contributed by atoms with Gasteiger partial charge in [0.25, 0.3) is 5.91 Å². The first kappa shape index (κ1) is 13.6. The van der Waals surface area contributed by atoms with Gasteiger partial charge in [0.05, 0.1) is 12.3 Å². The van der Waals surface area contributed by atoms with Crippen molar-refractivity contribution in [2.45, 2.75) is 45.3 Å². The van der Waals surface area contributed by atoms with Crippen molar-refractivity contribution in [1.29, 1.82) is 0 Å². The third kappa shape index (κ3) is 3.59. The molecule has 0 aromatic carbocycles. The van der Waals surface area contributed by atoms with Crippen LogP contribution in [0.5, 0.6) is 11.5 Å². The van der Waals surface area contributed by atoms with Crippen LogP contribution in [0.3, 0.4) is 0 Å². The Morgan fingerprint density at radius 2 is 2.05 bits per heavy atom.